The van der Waals surface area contributed by atoms with Gasteiger partial charge in [-0.15, -0.1) is 0 Å². The van der Waals surface area contributed by atoms with Gasteiger partial charge in [-0.3, -0.25) is 57.7 Å². The molecule has 0 aliphatic carbocycles. The smallest absolute Gasteiger partial charge is 0.308 e. The van der Waals surface area contributed by atoms with Gasteiger partial charge < -0.3 is 95.8 Å². The van der Waals surface area contributed by atoms with Crippen LogP contribution in [0.1, 0.15) is 77.2 Å². The fourth-order valence-electron chi connectivity index (χ4n) is 8.73. The quantitative estimate of drug-likeness (QED) is 0.00952. The van der Waals surface area contributed by atoms with Crippen LogP contribution < -0.4 is 72.1 Å². The molecule has 93 heavy (non-hydrogen) atoms. The zero-order chi connectivity index (χ0) is 67.8. The van der Waals surface area contributed by atoms with E-state index in [4.69, 9.17) is 46.2 Å². The SMILES string of the molecule is CC(=O)N[C@@H](CC(=O)NCCNCC[NH3+])C(=O)C[C@@H](CC(=O)NCCN1CCOCC1)C(=O)NCCOCCN=[N+]=[N-].CC(=O)N[C@@H](CC(=O)OCc1ccccc1)C(=O)C[C@@H](CC(=O)NCCN1CCOCC1)C(=O)NCCOCCN=[N+]=[N-].NCCCCCN.[Cl-]. The van der Waals surface area contributed by atoms with Gasteiger partial charge in [-0.05, 0) is 42.6 Å². The van der Waals surface area contributed by atoms with Gasteiger partial charge in [0.25, 0.3) is 0 Å². The highest BCUT2D eigenvalue weighted by atomic mass is 35.5. The maximum Gasteiger partial charge on any atom is 0.308 e. The molecule has 0 radical (unpaired) electrons. The first-order valence-corrected chi connectivity index (χ1v) is 31.3. The van der Waals surface area contributed by atoms with Crippen LogP contribution in [0.3, 0.4) is 0 Å². The van der Waals surface area contributed by atoms with Crippen LogP contribution in [0.25, 0.3) is 20.9 Å². The summed E-state index contributed by atoms with van der Waals surface area (Å²) in [4.78, 5) is 136. The normalized spacial score (nSPS) is 14.0. The first kappa shape index (κ1) is 85.8. The molecule has 0 bridgehead atoms. The van der Waals surface area contributed by atoms with Gasteiger partial charge >= 0.3 is 5.97 Å². The van der Waals surface area contributed by atoms with Gasteiger partial charge in [-0.25, -0.2) is 0 Å². The molecule has 3 rings (SSSR count). The first-order chi connectivity index (χ1) is 44.5. The number of nitrogens with one attached hydrogen (secondary N) is 8. The van der Waals surface area contributed by atoms with Crippen LogP contribution in [-0.4, -0.2) is 251 Å². The minimum atomic E-state index is -1.23. The molecule has 34 nitrogen and oxygen atoms in total. The number of ketones is 2. The van der Waals surface area contributed by atoms with Gasteiger partial charge in [-0.1, -0.05) is 47.0 Å². The molecule has 1 aromatic rings. The number of unbranched alkanes of at least 4 members (excludes halogenated alkanes) is 2. The number of hydrogen-bond acceptors (Lipinski definition) is 22. The molecule has 0 saturated carbocycles. The van der Waals surface area contributed by atoms with Crippen molar-refractivity contribution in [3.8, 4) is 0 Å². The third-order valence-corrected chi connectivity index (χ3v) is 13.5. The molecule has 35 heteroatoms. The first-order valence-electron chi connectivity index (χ1n) is 31.3. The number of esters is 1. The molecular weight excluding hydrogens is 1240 g/mol. The van der Waals surface area contributed by atoms with Crippen molar-refractivity contribution in [2.45, 2.75) is 90.3 Å². The minimum Gasteiger partial charge on any atom is -1.00 e. The number of Topliss-reactive ketones (excluding diaryl/α,β-unsaturated/α-hetero) is 2. The number of halogens is 1. The Hall–Kier alpha value is -7.17. The molecule has 15 N–H and O–H groups in total. The van der Waals surface area contributed by atoms with Gasteiger partial charge in [0.1, 0.15) is 6.61 Å². The summed E-state index contributed by atoms with van der Waals surface area (Å²) in [5, 5.41) is 28.3. The van der Waals surface area contributed by atoms with Crippen molar-refractivity contribution in [1.29, 1.82) is 0 Å². The highest BCUT2D eigenvalue weighted by Gasteiger charge is 2.32. The number of nitrogens with zero attached hydrogens (tertiary/aromatic N) is 8. The maximum absolute atomic E-state index is 13.3. The number of quaternary nitrogens is 1. The second kappa shape index (κ2) is 57.5. The van der Waals surface area contributed by atoms with Crippen molar-refractivity contribution >= 4 is 58.9 Å². The molecule has 2 aliphatic rings. The maximum atomic E-state index is 13.3. The van der Waals surface area contributed by atoms with E-state index in [-0.39, 0.29) is 97.3 Å². The fraction of sp³-hybridized carbons (Fsp3) is 0.724. The third kappa shape index (κ3) is 47.4. The van der Waals surface area contributed by atoms with E-state index in [1.54, 1.807) is 24.3 Å². The van der Waals surface area contributed by atoms with E-state index >= 15 is 0 Å². The van der Waals surface area contributed by atoms with E-state index in [1.165, 1.54) is 20.3 Å². The number of hydrogen-bond donors (Lipinski definition) is 11. The van der Waals surface area contributed by atoms with Gasteiger partial charge in [0.05, 0.1) is 96.2 Å². The van der Waals surface area contributed by atoms with Gasteiger partial charge in [0, 0.05) is 148 Å². The predicted octanol–water partition coefficient (Wildman–Crippen LogP) is -5.75. The molecule has 526 valence electrons. The second-order valence-electron chi connectivity index (χ2n) is 21.1. The number of benzene rings is 1. The number of ether oxygens (including phenoxy) is 5. The van der Waals surface area contributed by atoms with Crippen LogP contribution in [0.2, 0.25) is 0 Å². The molecule has 4 atom stereocenters. The molecule has 7 amide bonds. The molecule has 2 fully saturated rings. The Morgan fingerprint density at radius 1 is 0.570 bits per heavy atom. The van der Waals surface area contributed by atoms with E-state index in [2.05, 4.69) is 78.1 Å². The van der Waals surface area contributed by atoms with Crippen molar-refractivity contribution in [3.63, 3.8) is 0 Å². The summed E-state index contributed by atoms with van der Waals surface area (Å²) >= 11 is 0. The van der Waals surface area contributed by atoms with Crippen molar-refractivity contribution < 1.29 is 89.8 Å². The number of morpholine rings is 2. The average Bonchev–Trinajstić information content (AvgIpc) is 2.52. The zero-order valence-corrected chi connectivity index (χ0v) is 54.8. The Morgan fingerprint density at radius 3 is 1.44 bits per heavy atom. The topological polar surface area (TPSA) is 497 Å². The summed E-state index contributed by atoms with van der Waals surface area (Å²) in [6.45, 7) is 15.0. The number of carbonyl (C=O) groups excluding carboxylic acids is 10. The Morgan fingerprint density at radius 2 is 1.01 bits per heavy atom. The second-order valence-corrected chi connectivity index (χ2v) is 21.1. The lowest BCUT2D eigenvalue weighted by Crippen LogP contribution is -3.00. The Balaban J connectivity index is 0.00000163. The summed E-state index contributed by atoms with van der Waals surface area (Å²) in [5.74, 6) is -7.28. The Bertz CT molecular complexity index is 2400. The van der Waals surface area contributed by atoms with E-state index in [9.17, 15) is 47.9 Å². The highest BCUT2D eigenvalue weighted by Crippen LogP contribution is 2.16. The summed E-state index contributed by atoms with van der Waals surface area (Å²) in [6.07, 6.45) is 1.43. The van der Waals surface area contributed by atoms with Crippen LogP contribution in [0.5, 0.6) is 0 Å². The van der Waals surface area contributed by atoms with Crippen LogP contribution in [-0.2, 0) is 78.2 Å². The van der Waals surface area contributed by atoms with Crippen LogP contribution >= 0.6 is 0 Å². The molecular formula is C58H102ClN19O15. The monoisotopic (exact) mass is 1340 g/mol. The van der Waals surface area contributed by atoms with Crippen LogP contribution in [0, 0.1) is 11.8 Å². The summed E-state index contributed by atoms with van der Waals surface area (Å²) < 4.78 is 26.5. The van der Waals surface area contributed by atoms with Crippen LogP contribution in [0.4, 0.5) is 0 Å². The van der Waals surface area contributed by atoms with E-state index in [0.717, 1.165) is 57.7 Å². The average molecular weight is 1340 g/mol. The van der Waals surface area contributed by atoms with E-state index in [0.29, 0.717) is 78.8 Å². The lowest BCUT2D eigenvalue weighted by molar-refractivity contribution is -0.365. The summed E-state index contributed by atoms with van der Waals surface area (Å²) in [7, 11) is 0. The van der Waals surface area contributed by atoms with Crippen molar-refractivity contribution in [3.05, 3.63) is 56.8 Å². The minimum absolute atomic E-state index is 0. The number of nitrogens with two attached hydrogens (primary N) is 2. The predicted molar refractivity (Wildman–Crippen MR) is 338 cm³/mol. The van der Waals surface area contributed by atoms with Gasteiger partial charge in [0.2, 0.25) is 41.4 Å². The lowest BCUT2D eigenvalue weighted by Gasteiger charge is -2.26. The van der Waals surface area contributed by atoms with Crippen molar-refractivity contribution in [2.24, 2.45) is 33.5 Å². The van der Waals surface area contributed by atoms with Gasteiger partial charge in [0.15, 0.2) is 11.6 Å². The van der Waals surface area contributed by atoms with E-state index in [1.807, 2.05) is 6.07 Å². The molecule has 1 aromatic carbocycles. The molecule has 0 spiro atoms. The van der Waals surface area contributed by atoms with Crippen LogP contribution in [0.15, 0.2) is 40.6 Å². The summed E-state index contributed by atoms with van der Waals surface area (Å²) in [6, 6.07) is 6.60. The number of carbonyl (C=O) groups is 10. The van der Waals surface area contributed by atoms with Gasteiger partial charge in [-0.2, -0.15) is 0 Å². The number of rotatable bonds is 47. The largest absolute Gasteiger partial charge is 1.00 e. The number of amides is 7. The molecule has 0 unspecified atom stereocenters. The molecule has 2 heterocycles. The standard InChI is InChI=1S/C28H41N7O8.C25H46N10O7.C5H14N2.ClH/c1-21(36)33-24(19-27(39)43-20-22-5-3-2-4-6-22)25(37)17-23(28(40)31-8-13-41-14-9-32-34-29)18-26(38)30-7-10-35-11-15-42-16-12-35;1-19(36)33-21(18-24(39)29-5-4-28-3-2-26)22(37)16-20(25(40)31-7-12-41-13-8-32-34-27)17-23(38)30-6-9-35-10-14-42-15-11-35;6-4-2-1-3-5-7;/h2-6,23-24H,7-20H2,1H3,(H,30,38)(H,31,40)(H,33,36);20-21,28H,2-18,26H2,1H3,(H,29,39)(H,30,38)(H,31,40)(H,33,36);1-7H2;1H/t23-,24-;20-,21-;;/m00../s1. The van der Waals surface area contributed by atoms with Crippen molar-refractivity contribution in [2.75, 3.05) is 171 Å². The lowest BCUT2D eigenvalue weighted by atomic mass is 9.93. The fourth-order valence-corrected chi connectivity index (χ4v) is 8.73. The Labute approximate surface area is 550 Å². The molecule has 2 aliphatic heterocycles. The molecule has 0 aromatic heterocycles. The Kier molecular flexibility index (Phi) is 53.1. The number of azide groups is 2. The molecule has 2 saturated heterocycles. The third-order valence-electron chi connectivity index (χ3n) is 13.5. The zero-order valence-electron chi connectivity index (χ0n) is 54.1. The van der Waals surface area contributed by atoms with Crippen molar-refractivity contribution in [1.82, 2.24) is 52.3 Å². The van der Waals surface area contributed by atoms with E-state index < -0.39 is 95.6 Å². The summed E-state index contributed by atoms with van der Waals surface area (Å²) in [5.41, 5.74) is 31.5. The highest BCUT2D eigenvalue weighted by molar-refractivity contribution is 5.97.